The van der Waals surface area contributed by atoms with Gasteiger partial charge in [-0.1, -0.05) is 0 Å². The first-order valence-electron chi connectivity index (χ1n) is 7.98. The summed E-state index contributed by atoms with van der Waals surface area (Å²) in [6.07, 6.45) is 0. The molecule has 0 saturated heterocycles. The highest BCUT2D eigenvalue weighted by Crippen LogP contribution is 2.29. The van der Waals surface area contributed by atoms with Gasteiger partial charge in [0.25, 0.3) is 10.0 Å². The van der Waals surface area contributed by atoms with Gasteiger partial charge in [-0.05, 0) is 49.7 Å². The Kier molecular flexibility index (Phi) is 6.37. The van der Waals surface area contributed by atoms with Crippen LogP contribution in [-0.4, -0.2) is 34.6 Å². The van der Waals surface area contributed by atoms with Crippen molar-refractivity contribution in [2.45, 2.75) is 18.7 Å². The number of nitrogens with zero attached hydrogens (tertiary/aromatic N) is 1. The van der Waals surface area contributed by atoms with Gasteiger partial charge in [0.1, 0.15) is 23.9 Å². The molecule has 0 unspecified atom stereocenters. The summed E-state index contributed by atoms with van der Waals surface area (Å²) in [6.45, 7) is 2.47. The van der Waals surface area contributed by atoms with Crippen LogP contribution < -0.4 is 9.04 Å². The van der Waals surface area contributed by atoms with E-state index >= 15 is 0 Å². The second-order valence-electron chi connectivity index (χ2n) is 5.54. The predicted molar refractivity (Wildman–Crippen MR) is 95.3 cm³/mol. The maximum atomic E-state index is 14.3. The number of carbonyl (C=O) groups excluding carboxylic acids is 1. The molecule has 9 heteroatoms. The lowest BCUT2D eigenvalue weighted by molar-refractivity contribution is -0.141. The zero-order chi connectivity index (χ0) is 20.2. The number of anilines is 1. The van der Waals surface area contributed by atoms with Gasteiger partial charge >= 0.3 is 5.97 Å². The Morgan fingerprint density at radius 2 is 1.85 bits per heavy atom. The third-order valence-corrected chi connectivity index (χ3v) is 5.47. The van der Waals surface area contributed by atoms with E-state index in [-0.39, 0.29) is 11.5 Å². The van der Waals surface area contributed by atoms with Gasteiger partial charge in [0.15, 0.2) is 0 Å². The zero-order valence-electron chi connectivity index (χ0n) is 15.0. The van der Waals surface area contributed by atoms with Crippen LogP contribution in [0.25, 0.3) is 0 Å². The van der Waals surface area contributed by atoms with E-state index in [9.17, 15) is 22.0 Å². The Morgan fingerprint density at radius 3 is 2.41 bits per heavy atom. The predicted octanol–water partition coefficient (Wildman–Crippen LogP) is 3.04. The van der Waals surface area contributed by atoms with Crippen molar-refractivity contribution in [3.8, 4) is 5.75 Å². The van der Waals surface area contributed by atoms with Crippen molar-refractivity contribution in [1.82, 2.24) is 0 Å². The van der Waals surface area contributed by atoms with Gasteiger partial charge in [0.2, 0.25) is 0 Å². The number of aryl methyl sites for hydroxylation is 1. The van der Waals surface area contributed by atoms with E-state index in [4.69, 9.17) is 9.47 Å². The maximum Gasteiger partial charge on any atom is 0.326 e. The molecule has 0 fully saturated rings. The molecule has 6 nitrogen and oxygen atoms in total. The molecule has 0 radical (unpaired) electrons. The number of methoxy groups -OCH3 is 1. The molecule has 2 rings (SSSR count). The Labute approximate surface area is 156 Å². The molecule has 27 heavy (non-hydrogen) atoms. The normalized spacial score (nSPS) is 11.1. The quantitative estimate of drug-likeness (QED) is 0.669. The first-order valence-corrected chi connectivity index (χ1v) is 9.42. The first-order chi connectivity index (χ1) is 12.7. The maximum absolute atomic E-state index is 14.3. The number of sulfonamides is 1. The fourth-order valence-electron chi connectivity index (χ4n) is 2.45. The van der Waals surface area contributed by atoms with Crippen LogP contribution in [0.1, 0.15) is 12.5 Å². The highest BCUT2D eigenvalue weighted by atomic mass is 32.2. The lowest BCUT2D eigenvalue weighted by Crippen LogP contribution is -2.37. The van der Waals surface area contributed by atoms with E-state index in [1.165, 1.54) is 25.3 Å². The standard InChI is InChI=1S/C18H19F2NO5S/c1-4-26-18(22)11-21(16-7-5-13(19)10-15(16)20)27(23,24)14-6-8-17(25-3)12(2)9-14/h5-10H,4,11H2,1-3H3. The van der Waals surface area contributed by atoms with Crippen LogP contribution in [-0.2, 0) is 19.6 Å². The fraction of sp³-hybridized carbons (Fsp3) is 0.278. The molecule has 0 atom stereocenters. The molecular weight excluding hydrogens is 380 g/mol. The van der Waals surface area contributed by atoms with Gasteiger partial charge in [0, 0.05) is 6.07 Å². The zero-order valence-corrected chi connectivity index (χ0v) is 15.8. The molecule has 0 spiro atoms. The average molecular weight is 399 g/mol. The molecule has 0 amide bonds. The molecule has 0 saturated carbocycles. The molecule has 0 heterocycles. The third kappa shape index (κ3) is 4.54. The largest absolute Gasteiger partial charge is 0.496 e. The van der Waals surface area contributed by atoms with Crippen molar-refractivity contribution in [3.05, 3.63) is 53.6 Å². The van der Waals surface area contributed by atoms with Crippen LogP contribution in [0.15, 0.2) is 41.3 Å². The number of benzene rings is 2. The second-order valence-corrected chi connectivity index (χ2v) is 7.41. The summed E-state index contributed by atoms with van der Waals surface area (Å²) >= 11 is 0. The van der Waals surface area contributed by atoms with Crippen molar-refractivity contribution in [3.63, 3.8) is 0 Å². The highest BCUT2D eigenvalue weighted by Gasteiger charge is 2.30. The molecule has 0 aromatic heterocycles. The van der Waals surface area contributed by atoms with Crippen LogP contribution in [0.4, 0.5) is 14.5 Å². The lowest BCUT2D eigenvalue weighted by atomic mass is 10.2. The van der Waals surface area contributed by atoms with Gasteiger partial charge in [-0.2, -0.15) is 0 Å². The Morgan fingerprint density at radius 1 is 1.15 bits per heavy atom. The van der Waals surface area contributed by atoms with Gasteiger partial charge < -0.3 is 9.47 Å². The van der Waals surface area contributed by atoms with Crippen LogP contribution in [0.5, 0.6) is 5.75 Å². The minimum Gasteiger partial charge on any atom is -0.496 e. The van der Waals surface area contributed by atoms with Crippen LogP contribution >= 0.6 is 0 Å². The van der Waals surface area contributed by atoms with Crippen molar-refractivity contribution in [1.29, 1.82) is 0 Å². The van der Waals surface area contributed by atoms with Gasteiger partial charge in [0.05, 0.1) is 24.3 Å². The molecule has 0 N–H and O–H groups in total. The lowest BCUT2D eigenvalue weighted by Gasteiger charge is -2.24. The van der Waals surface area contributed by atoms with Crippen LogP contribution in [0.2, 0.25) is 0 Å². The van der Waals surface area contributed by atoms with Crippen LogP contribution in [0.3, 0.4) is 0 Å². The van der Waals surface area contributed by atoms with Gasteiger partial charge in [-0.15, -0.1) is 0 Å². The second kappa shape index (κ2) is 8.34. The number of esters is 1. The van der Waals surface area contributed by atoms with E-state index in [1.807, 2.05) is 0 Å². The average Bonchev–Trinajstić information content (AvgIpc) is 2.60. The van der Waals surface area contributed by atoms with Crippen molar-refractivity contribution in [2.75, 3.05) is 24.6 Å². The topological polar surface area (TPSA) is 72.9 Å². The summed E-state index contributed by atoms with van der Waals surface area (Å²) in [7, 11) is -2.89. The van der Waals surface area contributed by atoms with E-state index in [0.717, 1.165) is 12.1 Å². The van der Waals surface area contributed by atoms with Gasteiger partial charge in [-0.3, -0.25) is 9.10 Å². The summed E-state index contributed by atoms with van der Waals surface area (Å²) in [4.78, 5) is 11.7. The minimum atomic E-state index is -4.34. The molecule has 0 bridgehead atoms. The third-order valence-electron chi connectivity index (χ3n) is 3.71. The molecule has 2 aromatic carbocycles. The number of hydrogen-bond donors (Lipinski definition) is 0. The Hall–Kier alpha value is -2.68. The summed E-state index contributed by atoms with van der Waals surface area (Å²) in [5.41, 5.74) is 0.0761. The number of hydrogen-bond acceptors (Lipinski definition) is 5. The summed E-state index contributed by atoms with van der Waals surface area (Å²) in [5, 5.41) is 0. The van der Waals surface area contributed by atoms with Crippen molar-refractivity contribution in [2.24, 2.45) is 0 Å². The number of ether oxygens (including phenoxy) is 2. The number of halogens is 2. The van der Waals surface area contributed by atoms with Crippen molar-refractivity contribution >= 4 is 21.7 Å². The Balaban J connectivity index is 2.57. The summed E-state index contributed by atoms with van der Waals surface area (Å²) in [6, 6.07) is 6.48. The molecule has 0 aliphatic carbocycles. The molecule has 0 aliphatic heterocycles. The van der Waals surface area contributed by atoms with Crippen molar-refractivity contribution < 1.29 is 31.5 Å². The fourth-order valence-corrected chi connectivity index (χ4v) is 3.95. The SMILES string of the molecule is CCOC(=O)CN(c1ccc(F)cc1F)S(=O)(=O)c1ccc(OC)c(C)c1. The van der Waals surface area contributed by atoms with E-state index in [0.29, 0.717) is 21.7 Å². The van der Waals surface area contributed by atoms with Gasteiger partial charge in [-0.25, -0.2) is 17.2 Å². The van der Waals surface area contributed by atoms with E-state index in [2.05, 4.69) is 0 Å². The molecule has 2 aromatic rings. The number of rotatable bonds is 7. The monoisotopic (exact) mass is 399 g/mol. The van der Waals surface area contributed by atoms with Crippen LogP contribution in [0, 0.1) is 18.6 Å². The highest BCUT2D eigenvalue weighted by molar-refractivity contribution is 7.92. The molecule has 0 aliphatic rings. The number of carbonyl (C=O) groups is 1. The summed E-state index contributed by atoms with van der Waals surface area (Å²) in [5.74, 6) is -2.38. The molecular formula is C18H19F2NO5S. The van der Waals surface area contributed by atoms with E-state index < -0.39 is 39.9 Å². The molecule has 146 valence electrons. The minimum absolute atomic E-state index is 0.0280. The smallest absolute Gasteiger partial charge is 0.326 e. The first kappa shape index (κ1) is 20.6. The van der Waals surface area contributed by atoms with E-state index in [1.54, 1.807) is 13.8 Å². The Bertz CT molecular complexity index is 947. The summed E-state index contributed by atoms with van der Waals surface area (Å²) < 4.78 is 64.1.